The highest BCUT2D eigenvalue weighted by Gasteiger charge is 1.99. The summed E-state index contributed by atoms with van der Waals surface area (Å²) in [7, 11) is -3.67. The van der Waals surface area contributed by atoms with Crippen LogP contribution < -0.4 is 5.73 Å². The highest BCUT2D eigenvalue weighted by molar-refractivity contribution is 7.85. The van der Waals surface area contributed by atoms with Gasteiger partial charge in [0.1, 0.15) is 0 Å². The van der Waals surface area contributed by atoms with Crippen LogP contribution in [-0.2, 0) is 10.1 Å². The zero-order valence-electron chi connectivity index (χ0n) is 7.10. The van der Waals surface area contributed by atoms with Gasteiger partial charge in [-0.2, -0.15) is 8.42 Å². The fourth-order valence-corrected chi connectivity index (χ4v) is 0.839. The summed E-state index contributed by atoms with van der Waals surface area (Å²) in [6.45, 7) is 0. The molecule has 1 atom stereocenters. The molecule has 3 N–H and O–H groups in total. The second-order valence-corrected chi connectivity index (χ2v) is 4.22. The van der Waals surface area contributed by atoms with Crippen LogP contribution in [0, 0.1) is 0 Å². The molecular formula is C7H15NO3S. The van der Waals surface area contributed by atoms with E-state index in [0.717, 1.165) is 0 Å². The van der Waals surface area contributed by atoms with Gasteiger partial charge >= 0.3 is 0 Å². The maximum absolute atomic E-state index is 9.19. The quantitative estimate of drug-likeness (QED) is 0.435. The van der Waals surface area contributed by atoms with Crippen LogP contribution in [0.3, 0.4) is 0 Å². The molecule has 1 aliphatic rings. The Hall–Kier alpha value is -0.390. The third-order valence-corrected chi connectivity index (χ3v) is 1.29. The Kier molecular flexibility index (Phi) is 5.12. The van der Waals surface area contributed by atoms with E-state index in [1.807, 2.05) is 0 Å². The molecule has 0 radical (unpaired) electrons. The maximum atomic E-state index is 9.19. The minimum Gasteiger partial charge on any atom is -0.324 e. The van der Waals surface area contributed by atoms with Crippen molar-refractivity contribution in [3.05, 3.63) is 12.2 Å². The van der Waals surface area contributed by atoms with Crippen molar-refractivity contribution in [2.75, 3.05) is 6.26 Å². The van der Waals surface area contributed by atoms with Gasteiger partial charge in [-0.1, -0.05) is 12.2 Å². The zero-order valence-corrected chi connectivity index (χ0v) is 7.92. The maximum Gasteiger partial charge on any atom is 0.261 e. The predicted octanol–water partition coefficient (Wildman–Crippen LogP) is 0.558. The van der Waals surface area contributed by atoms with Crippen molar-refractivity contribution in [3.8, 4) is 0 Å². The van der Waals surface area contributed by atoms with Crippen molar-refractivity contribution < 1.29 is 13.0 Å². The van der Waals surface area contributed by atoms with Crippen LogP contribution in [0.2, 0.25) is 0 Å². The Labute approximate surface area is 73.2 Å². The molecule has 0 spiro atoms. The molecule has 0 bridgehead atoms. The van der Waals surface area contributed by atoms with E-state index in [4.69, 9.17) is 10.3 Å². The lowest BCUT2D eigenvalue weighted by Gasteiger charge is -2.08. The molecule has 5 heteroatoms. The van der Waals surface area contributed by atoms with Crippen LogP contribution in [0.1, 0.15) is 19.3 Å². The van der Waals surface area contributed by atoms with Gasteiger partial charge in [-0.25, -0.2) is 0 Å². The highest BCUT2D eigenvalue weighted by atomic mass is 32.2. The molecule has 72 valence electrons. The van der Waals surface area contributed by atoms with E-state index >= 15 is 0 Å². The molecule has 1 rings (SSSR count). The summed E-state index contributed by atoms with van der Waals surface area (Å²) in [5.41, 5.74) is 5.55. The molecule has 0 saturated carbocycles. The first kappa shape index (κ1) is 11.6. The Morgan fingerprint density at radius 3 is 2.25 bits per heavy atom. The molecule has 4 nitrogen and oxygen atoms in total. The van der Waals surface area contributed by atoms with Crippen molar-refractivity contribution >= 4 is 10.1 Å². The first-order valence-electron chi connectivity index (χ1n) is 3.74. The lowest BCUT2D eigenvalue weighted by atomic mass is 10.0. The Morgan fingerprint density at radius 2 is 2.08 bits per heavy atom. The fraction of sp³-hybridized carbons (Fsp3) is 0.714. The normalized spacial score (nSPS) is 22.8. The van der Waals surface area contributed by atoms with Gasteiger partial charge in [-0.05, 0) is 19.3 Å². The average molecular weight is 193 g/mol. The van der Waals surface area contributed by atoms with Gasteiger partial charge in [-0.3, -0.25) is 4.55 Å². The van der Waals surface area contributed by atoms with Crippen LogP contribution >= 0.6 is 0 Å². The van der Waals surface area contributed by atoms with Gasteiger partial charge in [0.15, 0.2) is 0 Å². The SMILES string of the molecule is CS(=O)(=O)O.NC1C=CCCC1. The molecule has 0 saturated heterocycles. The predicted molar refractivity (Wildman–Crippen MR) is 48.4 cm³/mol. The summed E-state index contributed by atoms with van der Waals surface area (Å²) in [6, 6.07) is 0.355. The summed E-state index contributed by atoms with van der Waals surface area (Å²) in [5, 5.41) is 0. The monoisotopic (exact) mass is 193 g/mol. The van der Waals surface area contributed by atoms with Crippen LogP contribution in [0.15, 0.2) is 12.2 Å². The molecular weight excluding hydrogens is 178 g/mol. The molecule has 0 aromatic heterocycles. The lowest BCUT2D eigenvalue weighted by Crippen LogP contribution is -2.17. The van der Waals surface area contributed by atoms with Gasteiger partial charge < -0.3 is 5.73 Å². The molecule has 1 aliphatic carbocycles. The van der Waals surface area contributed by atoms with Crippen molar-refractivity contribution in [2.45, 2.75) is 25.3 Å². The second-order valence-electron chi connectivity index (χ2n) is 2.76. The number of rotatable bonds is 0. The third-order valence-electron chi connectivity index (χ3n) is 1.29. The number of allylic oxidation sites excluding steroid dienone is 1. The van der Waals surface area contributed by atoms with Crippen LogP contribution in [0.5, 0.6) is 0 Å². The summed E-state index contributed by atoms with van der Waals surface area (Å²) >= 11 is 0. The summed E-state index contributed by atoms with van der Waals surface area (Å²) in [6.07, 6.45) is 8.65. The van der Waals surface area contributed by atoms with Gasteiger partial charge in [0.25, 0.3) is 10.1 Å². The Balaban J connectivity index is 0.000000217. The first-order valence-corrected chi connectivity index (χ1v) is 5.59. The Morgan fingerprint density at radius 1 is 1.58 bits per heavy atom. The lowest BCUT2D eigenvalue weighted by molar-refractivity contribution is 0.490. The molecule has 0 aliphatic heterocycles. The standard InChI is InChI=1S/C6H11N.CH4O3S/c7-6-4-2-1-3-5-6;1-5(2,3)4/h2,4,6H,1,3,5,7H2;1H3,(H,2,3,4). The molecule has 1 unspecified atom stereocenters. The number of hydrogen-bond acceptors (Lipinski definition) is 3. The van der Waals surface area contributed by atoms with Crippen molar-refractivity contribution in [1.82, 2.24) is 0 Å². The van der Waals surface area contributed by atoms with Gasteiger partial charge in [0, 0.05) is 6.04 Å². The average Bonchev–Trinajstić information content (AvgIpc) is 1.85. The van der Waals surface area contributed by atoms with E-state index in [9.17, 15) is 8.42 Å². The molecule has 0 amide bonds. The molecule has 0 heterocycles. The Bertz CT molecular complexity index is 225. The first-order chi connectivity index (χ1) is 5.39. The highest BCUT2D eigenvalue weighted by Crippen LogP contribution is 2.06. The van der Waals surface area contributed by atoms with Gasteiger partial charge in [-0.15, -0.1) is 0 Å². The minimum atomic E-state index is -3.67. The fourth-order valence-electron chi connectivity index (χ4n) is 0.839. The van der Waals surface area contributed by atoms with E-state index in [1.54, 1.807) is 0 Å². The molecule has 0 fully saturated rings. The third kappa shape index (κ3) is 12.3. The molecule has 12 heavy (non-hydrogen) atoms. The summed E-state index contributed by atoms with van der Waals surface area (Å²) in [4.78, 5) is 0. The molecule has 0 aromatic rings. The van der Waals surface area contributed by atoms with E-state index in [0.29, 0.717) is 12.3 Å². The molecule has 0 aromatic carbocycles. The number of hydrogen-bond donors (Lipinski definition) is 2. The minimum absolute atomic E-state index is 0.355. The van der Waals surface area contributed by atoms with Crippen molar-refractivity contribution in [2.24, 2.45) is 5.73 Å². The van der Waals surface area contributed by atoms with Crippen molar-refractivity contribution in [3.63, 3.8) is 0 Å². The zero-order chi connectivity index (χ0) is 9.61. The smallest absolute Gasteiger partial charge is 0.261 e. The van der Waals surface area contributed by atoms with E-state index in [1.165, 1.54) is 19.3 Å². The van der Waals surface area contributed by atoms with E-state index in [-0.39, 0.29) is 0 Å². The summed E-state index contributed by atoms with van der Waals surface area (Å²) < 4.78 is 25.9. The number of nitrogens with two attached hydrogens (primary N) is 1. The topological polar surface area (TPSA) is 80.4 Å². The van der Waals surface area contributed by atoms with Crippen LogP contribution in [0.25, 0.3) is 0 Å². The van der Waals surface area contributed by atoms with E-state index < -0.39 is 10.1 Å². The van der Waals surface area contributed by atoms with Crippen LogP contribution in [-0.4, -0.2) is 25.3 Å². The van der Waals surface area contributed by atoms with Crippen molar-refractivity contribution in [1.29, 1.82) is 0 Å². The van der Waals surface area contributed by atoms with Crippen LogP contribution in [0.4, 0.5) is 0 Å². The second kappa shape index (κ2) is 5.29. The van der Waals surface area contributed by atoms with E-state index in [2.05, 4.69) is 12.2 Å². The van der Waals surface area contributed by atoms with Gasteiger partial charge in [0.05, 0.1) is 6.26 Å². The largest absolute Gasteiger partial charge is 0.324 e. The van der Waals surface area contributed by atoms with Gasteiger partial charge in [0.2, 0.25) is 0 Å². The summed E-state index contributed by atoms with van der Waals surface area (Å²) in [5.74, 6) is 0.